The fourth-order valence-corrected chi connectivity index (χ4v) is 3.69. The van der Waals surface area contributed by atoms with Crippen molar-refractivity contribution in [3.8, 4) is 17.2 Å². The molecule has 0 fully saturated rings. The predicted octanol–water partition coefficient (Wildman–Crippen LogP) is 5.84. The van der Waals surface area contributed by atoms with Crippen molar-refractivity contribution >= 4 is 0 Å². The van der Waals surface area contributed by atoms with Gasteiger partial charge in [0, 0.05) is 0 Å². The zero-order valence-electron chi connectivity index (χ0n) is 14.1. The molecule has 1 aliphatic carbocycles. The molecule has 0 saturated heterocycles. The lowest BCUT2D eigenvalue weighted by atomic mass is 9.93. The molecule has 0 aromatic heterocycles. The van der Waals surface area contributed by atoms with Gasteiger partial charge in [-0.2, -0.15) is 5.26 Å². The second kappa shape index (κ2) is 7.47. The highest BCUT2D eigenvalue weighted by Gasteiger charge is 2.19. The Morgan fingerprint density at radius 3 is 2.43 bits per heavy atom. The van der Waals surface area contributed by atoms with Crippen molar-refractivity contribution < 1.29 is 0 Å². The molecule has 1 aliphatic rings. The van der Waals surface area contributed by atoms with Crippen LogP contribution < -0.4 is 0 Å². The second-order valence-electron chi connectivity index (χ2n) is 6.59. The fraction of sp³-hybridized carbons (Fsp3) is 0.409. The van der Waals surface area contributed by atoms with Crippen molar-refractivity contribution in [1.82, 2.24) is 0 Å². The zero-order valence-corrected chi connectivity index (χ0v) is 14.1. The van der Waals surface area contributed by atoms with Crippen molar-refractivity contribution in [1.29, 1.82) is 5.26 Å². The lowest BCUT2D eigenvalue weighted by Crippen LogP contribution is -1.93. The first-order valence-electron chi connectivity index (χ1n) is 8.97. The first kappa shape index (κ1) is 15.8. The van der Waals surface area contributed by atoms with Gasteiger partial charge in [-0.05, 0) is 66.0 Å². The van der Waals surface area contributed by atoms with Crippen LogP contribution in [0, 0.1) is 11.3 Å². The van der Waals surface area contributed by atoms with E-state index in [-0.39, 0.29) is 0 Å². The van der Waals surface area contributed by atoms with Crippen LogP contribution in [0.2, 0.25) is 0 Å². The van der Waals surface area contributed by atoms with Gasteiger partial charge in [-0.3, -0.25) is 0 Å². The Balaban J connectivity index is 1.78. The van der Waals surface area contributed by atoms with Gasteiger partial charge in [0.05, 0.1) is 11.6 Å². The van der Waals surface area contributed by atoms with Crippen LogP contribution in [0.5, 0.6) is 0 Å². The van der Waals surface area contributed by atoms with Crippen LogP contribution in [0.1, 0.15) is 61.3 Å². The highest BCUT2D eigenvalue weighted by atomic mass is 14.3. The van der Waals surface area contributed by atoms with Gasteiger partial charge in [-0.25, -0.2) is 0 Å². The molecule has 0 unspecified atom stereocenters. The Hall–Kier alpha value is -2.07. The standard InChI is InChI=1S/C22H25N/c1-2-3-4-5-7-17-10-12-18(13-11-17)21-15-14-19(16-23)20-8-6-9-22(20)21/h10-15H,2-9H2,1H3. The van der Waals surface area contributed by atoms with Crippen LogP contribution in [0.15, 0.2) is 36.4 Å². The molecule has 23 heavy (non-hydrogen) atoms. The number of nitriles is 1. The van der Waals surface area contributed by atoms with Crippen LogP contribution in [0.4, 0.5) is 0 Å². The maximum Gasteiger partial charge on any atom is 0.0994 e. The second-order valence-corrected chi connectivity index (χ2v) is 6.59. The molecular weight excluding hydrogens is 278 g/mol. The van der Waals surface area contributed by atoms with Gasteiger partial charge in [0.2, 0.25) is 0 Å². The maximum absolute atomic E-state index is 9.27. The van der Waals surface area contributed by atoms with Crippen molar-refractivity contribution in [2.24, 2.45) is 0 Å². The minimum atomic E-state index is 0.869. The number of aryl methyl sites for hydroxylation is 1. The summed E-state index contributed by atoms with van der Waals surface area (Å²) >= 11 is 0. The number of hydrogen-bond acceptors (Lipinski definition) is 1. The average Bonchev–Trinajstić information content (AvgIpc) is 3.08. The van der Waals surface area contributed by atoms with E-state index in [1.165, 1.54) is 66.3 Å². The molecule has 1 nitrogen and oxygen atoms in total. The van der Waals surface area contributed by atoms with Gasteiger partial charge < -0.3 is 0 Å². The molecule has 118 valence electrons. The van der Waals surface area contributed by atoms with Gasteiger partial charge in [0.25, 0.3) is 0 Å². The molecule has 3 rings (SSSR count). The van der Waals surface area contributed by atoms with Gasteiger partial charge in [-0.1, -0.05) is 56.5 Å². The van der Waals surface area contributed by atoms with E-state index in [2.05, 4.69) is 43.3 Å². The normalized spacial score (nSPS) is 12.9. The van der Waals surface area contributed by atoms with E-state index < -0.39 is 0 Å². The maximum atomic E-state index is 9.27. The lowest BCUT2D eigenvalue weighted by molar-refractivity contribution is 0.667. The van der Waals surface area contributed by atoms with Crippen molar-refractivity contribution in [2.45, 2.75) is 58.3 Å². The summed E-state index contributed by atoms with van der Waals surface area (Å²) in [5.41, 5.74) is 7.62. The molecule has 2 aromatic carbocycles. The summed E-state index contributed by atoms with van der Waals surface area (Å²) < 4.78 is 0. The Bertz CT molecular complexity index is 704. The summed E-state index contributed by atoms with van der Waals surface area (Å²) in [5, 5.41) is 9.27. The number of benzene rings is 2. The van der Waals surface area contributed by atoms with E-state index in [4.69, 9.17) is 0 Å². The van der Waals surface area contributed by atoms with Crippen LogP contribution in [-0.4, -0.2) is 0 Å². The minimum Gasteiger partial charge on any atom is -0.192 e. The lowest BCUT2D eigenvalue weighted by Gasteiger charge is -2.11. The van der Waals surface area contributed by atoms with Gasteiger partial charge in [0.15, 0.2) is 0 Å². The van der Waals surface area contributed by atoms with Gasteiger partial charge in [-0.15, -0.1) is 0 Å². The van der Waals surface area contributed by atoms with E-state index in [1.807, 2.05) is 6.07 Å². The van der Waals surface area contributed by atoms with Crippen molar-refractivity contribution in [2.75, 3.05) is 0 Å². The molecule has 0 spiro atoms. The van der Waals surface area contributed by atoms with E-state index in [0.29, 0.717) is 0 Å². The fourth-order valence-electron chi connectivity index (χ4n) is 3.69. The summed E-state index contributed by atoms with van der Waals surface area (Å²) in [6, 6.07) is 15.6. The molecule has 1 heteroatoms. The molecule has 2 aromatic rings. The highest BCUT2D eigenvalue weighted by molar-refractivity contribution is 5.71. The summed E-state index contributed by atoms with van der Waals surface area (Å²) in [6.45, 7) is 2.25. The summed E-state index contributed by atoms with van der Waals surface area (Å²) in [4.78, 5) is 0. The predicted molar refractivity (Wildman–Crippen MR) is 96.5 cm³/mol. The number of hydrogen-bond donors (Lipinski definition) is 0. The topological polar surface area (TPSA) is 23.8 Å². The molecule has 0 bridgehead atoms. The largest absolute Gasteiger partial charge is 0.192 e. The Morgan fingerprint density at radius 2 is 1.70 bits per heavy atom. The van der Waals surface area contributed by atoms with Gasteiger partial charge in [0.1, 0.15) is 0 Å². The molecule has 0 radical (unpaired) electrons. The monoisotopic (exact) mass is 303 g/mol. The Morgan fingerprint density at radius 1 is 0.913 bits per heavy atom. The van der Waals surface area contributed by atoms with Crippen LogP contribution in [0.3, 0.4) is 0 Å². The highest BCUT2D eigenvalue weighted by Crippen LogP contribution is 2.34. The number of rotatable bonds is 6. The van der Waals surface area contributed by atoms with Crippen molar-refractivity contribution in [3.63, 3.8) is 0 Å². The zero-order chi connectivity index (χ0) is 16.1. The summed E-state index contributed by atoms with van der Waals surface area (Å²) in [7, 11) is 0. The summed E-state index contributed by atoms with van der Waals surface area (Å²) in [6.07, 6.45) is 9.79. The molecule has 0 N–H and O–H groups in total. The van der Waals surface area contributed by atoms with E-state index in [9.17, 15) is 5.26 Å². The molecule has 0 aliphatic heterocycles. The average molecular weight is 303 g/mol. The third kappa shape index (κ3) is 3.48. The Kier molecular flexibility index (Phi) is 5.13. The first-order valence-corrected chi connectivity index (χ1v) is 8.97. The van der Waals surface area contributed by atoms with Crippen LogP contribution in [-0.2, 0) is 19.3 Å². The number of fused-ring (bicyclic) bond motifs is 1. The van der Waals surface area contributed by atoms with Crippen molar-refractivity contribution in [3.05, 3.63) is 58.7 Å². The number of nitrogens with zero attached hydrogens (tertiary/aromatic N) is 1. The van der Waals surface area contributed by atoms with Crippen LogP contribution >= 0.6 is 0 Å². The molecule has 0 heterocycles. The van der Waals surface area contributed by atoms with E-state index >= 15 is 0 Å². The van der Waals surface area contributed by atoms with Crippen LogP contribution in [0.25, 0.3) is 11.1 Å². The van der Waals surface area contributed by atoms with E-state index in [1.54, 1.807) is 0 Å². The first-order chi connectivity index (χ1) is 11.3. The third-order valence-corrected chi connectivity index (χ3v) is 4.99. The smallest absolute Gasteiger partial charge is 0.0994 e. The Labute approximate surface area is 140 Å². The molecular formula is C22H25N. The quantitative estimate of drug-likeness (QED) is 0.615. The SMILES string of the molecule is CCCCCCc1ccc(-c2ccc(C#N)c3c2CCC3)cc1. The molecule has 0 amide bonds. The minimum absolute atomic E-state index is 0.869. The van der Waals surface area contributed by atoms with Gasteiger partial charge >= 0.3 is 0 Å². The third-order valence-electron chi connectivity index (χ3n) is 4.99. The molecule has 0 saturated carbocycles. The number of unbranched alkanes of at least 4 members (excludes halogenated alkanes) is 3. The molecule has 0 atom stereocenters. The van der Waals surface area contributed by atoms with E-state index in [0.717, 1.165) is 18.4 Å². The summed E-state index contributed by atoms with van der Waals surface area (Å²) in [5.74, 6) is 0.